The van der Waals surface area contributed by atoms with Crippen LogP contribution in [0.3, 0.4) is 0 Å². The molecule has 4 heteroatoms. The minimum atomic E-state index is -0.171. The number of nitrogens with one attached hydrogen (secondary N) is 1. The lowest BCUT2D eigenvalue weighted by Crippen LogP contribution is -2.35. The summed E-state index contributed by atoms with van der Waals surface area (Å²) in [6.45, 7) is 6.43. The number of carbonyl (C=O) groups excluding carboxylic acids is 2. The molecule has 0 aliphatic carbocycles. The number of ether oxygens (including phenoxy) is 1. The zero-order valence-corrected chi connectivity index (χ0v) is 9.84. The number of hydrogen-bond acceptors (Lipinski definition) is 4. The third-order valence-corrected chi connectivity index (χ3v) is 2.15. The summed E-state index contributed by atoms with van der Waals surface area (Å²) < 4.78 is 4.79. The van der Waals surface area contributed by atoms with Crippen molar-refractivity contribution in [3.63, 3.8) is 0 Å². The second-order valence-corrected chi connectivity index (χ2v) is 3.43. The summed E-state index contributed by atoms with van der Waals surface area (Å²) in [6.07, 6.45) is 1.91. The third kappa shape index (κ3) is 7.08. The Morgan fingerprint density at radius 1 is 1.33 bits per heavy atom. The number of carbonyl (C=O) groups is 2. The van der Waals surface area contributed by atoms with Gasteiger partial charge in [0.2, 0.25) is 0 Å². The highest BCUT2D eigenvalue weighted by molar-refractivity contribution is 5.81. The lowest BCUT2D eigenvalue weighted by molar-refractivity contribution is -0.143. The molecule has 0 aromatic carbocycles. The van der Waals surface area contributed by atoms with Gasteiger partial charge in [-0.1, -0.05) is 6.92 Å². The molecule has 0 aromatic rings. The molecule has 0 saturated carbocycles. The molecule has 0 aliphatic rings. The molecule has 0 aromatic heterocycles. The van der Waals surface area contributed by atoms with Crippen LogP contribution in [0.4, 0.5) is 0 Å². The first-order valence-corrected chi connectivity index (χ1v) is 5.51. The van der Waals surface area contributed by atoms with Crippen LogP contribution in [0, 0.1) is 0 Å². The minimum Gasteiger partial charge on any atom is -0.466 e. The van der Waals surface area contributed by atoms with Crippen molar-refractivity contribution in [1.82, 2.24) is 5.32 Å². The van der Waals surface area contributed by atoms with Crippen molar-refractivity contribution >= 4 is 11.8 Å². The topological polar surface area (TPSA) is 55.4 Å². The van der Waals surface area contributed by atoms with E-state index >= 15 is 0 Å². The van der Waals surface area contributed by atoms with Crippen molar-refractivity contribution in [3.05, 3.63) is 0 Å². The highest BCUT2D eigenvalue weighted by Gasteiger charge is 2.10. The summed E-state index contributed by atoms with van der Waals surface area (Å²) in [7, 11) is 0. The summed E-state index contributed by atoms with van der Waals surface area (Å²) in [4.78, 5) is 22.0. The normalized spacial score (nSPS) is 12.2. The molecule has 0 aliphatic heterocycles. The Morgan fingerprint density at radius 3 is 2.47 bits per heavy atom. The van der Waals surface area contributed by atoms with Gasteiger partial charge in [-0.05, 0) is 33.2 Å². The Morgan fingerprint density at radius 2 is 2.00 bits per heavy atom. The van der Waals surface area contributed by atoms with Crippen LogP contribution in [0.2, 0.25) is 0 Å². The molecule has 0 heterocycles. The maximum absolute atomic E-state index is 11.1. The number of rotatable bonds is 8. The van der Waals surface area contributed by atoms with Crippen molar-refractivity contribution in [1.29, 1.82) is 0 Å². The standard InChI is InChI=1S/C11H21NO3/c1-4-10(9(3)13)12-8-6-7-11(14)15-5-2/h10,12H,4-8H2,1-3H3. The van der Waals surface area contributed by atoms with Gasteiger partial charge in [0.1, 0.15) is 5.78 Å². The van der Waals surface area contributed by atoms with E-state index in [1.807, 2.05) is 6.92 Å². The van der Waals surface area contributed by atoms with Gasteiger partial charge in [-0.15, -0.1) is 0 Å². The van der Waals surface area contributed by atoms with E-state index in [0.717, 1.165) is 6.42 Å². The molecule has 15 heavy (non-hydrogen) atoms. The lowest BCUT2D eigenvalue weighted by Gasteiger charge is -2.12. The Balaban J connectivity index is 3.52. The van der Waals surface area contributed by atoms with Crippen molar-refractivity contribution in [2.45, 2.75) is 46.1 Å². The fourth-order valence-electron chi connectivity index (χ4n) is 1.32. The van der Waals surface area contributed by atoms with E-state index in [2.05, 4.69) is 5.32 Å². The first-order valence-electron chi connectivity index (χ1n) is 5.51. The quantitative estimate of drug-likeness (QED) is 0.489. The Kier molecular flexibility index (Phi) is 7.91. The van der Waals surface area contributed by atoms with Crippen molar-refractivity contribution in [2.24, 2.45) is 0 Å². The van der Waals surface area contributed by atoms with E-state index in [1.54, 1.807) is 13.8 Å². The average molecular weight is 215 g/mol. The molecule has 1 N–H and O–H groups in total. The predicted octanol–water partition coefficient (Wildman–Crippen LogP) is 1.29. The lowest BCUT2D eigenvalue weighted by atomic mass is 10.1. The molecule has 0 bridgehead atoms. The largest absolute Gasteiger partial charge is 0.466 e. The number of hydrogen-bond donors (Lipinski definition) is 1. The molecule has 1 unspecified atom stereocenters. The van der Waals surface area contributed by atoms with Crippen molar-refractivity contribution in [2.75, 3.05) is 13.2 Å². The molecular weight excluding hydrogens is 194 g/mol. The van der Waals surface area contributed by atoms with Crippen molar-refractivity contribution in [3.8, 4) is 0 Å². The molecular formula is C11H21NO3. The smallest absolute Gasteiger partial charge is 0.305 e. The van der Waals surface area contributed by atoms with E-state index in [0.29, 0.717) is 26.0 Å². The van der Waals surface area contributed by atoms with E-state index in [9.17, 15) is 9.59 Å². The minimum absolute atomic E-state index is 0.0767. The van der Waals surface area contributed by atoms with Crippen LogP contribution in [-0.2, 0) is 14.3 Å². The highest BCUT2D eigenvalue weighted by atomic mass is 16.5. The van der Waals surface area contributed by atoms with Crippen LogP contribution in [0.15, 0.2) is 0 Å². The molecule has 0 spiro atoms. The molecule has 1 atom stereocenters. The molecule has 0 radical (unpaired) electrons. The average Bonchev–Trinajstić information content (AvgIpc) is 2.17. The number of ketones is 1. The van der Waals surface area contributed by atoms with E-state index < -0.39 is 0 Å². The fourth-order valence-corrected chi connectivity index (χ4v) is 1.32. The molecule has 4 nitrogen and oxygen atoms in total. The van der Waals surface area contributed by atoms with Crippen LogP contribution in [0.1, 0.15) is 40.0 Å². The van der Waals surface area contributed by atoms with E-state index in [4.69, 9.17) is 4.74 Å². The second kappa shape index (κ2) is 8.41. The van der Waals surface area contributed by atoms with Gasteiger partial charge in [-0.3, -0.25) is 9.59 Å². The SMILES string of the molecule is CCOC(=O)CCCNC(CC)C(C)=O. The van der Waals surface area contributed by atoms with Gasteiger partial charge >= 0.3 is 5.97 Å². The summed E-state index contributed by atoms with van der Waals surface area (Å²) >= 11 is 0. The van der Waals surface area contributed by atoms with Gasteiger partial charge in [0, 0.05) is 6.42 Å². The zero-order valence-electron chi connectivity index (χ0n) is 9.84. The Labute approximate surface area is 91.4 Å². The molecule has 0 amide bonds. The summed E-state index contributed by atoms with van der Waals surface area (Å²) in [6, 6.07) is -0.0767. The molecule has 0 saturated heterocycles. The second-order valence-electron chi connectivity index (χ2n) is 3.43. The number of Topliss-reactive ketones (excluding diaryl/α,β-unsaturated/α-hetero) is 1. The van der Waals surface area contributed by atoms with Crippen LogP contribution >= 0.6 is 0 Å². The van der Waals surface area contributed by atoms with Gasteiger partial charge in [-0.25, -0.2) is 0 Å². The first-order chi connectivity index (χ1) is 7.11. The van der Waals surface area contributed by atoms with Gasteiger partial charge in [0.25, 0.3) is 0 Å². The predicted molar refractivity (Wildman–Crippen MR) is 58.6 cm³/mol. The van der Waals surface area contributed by atoms with Crippen LogP contribution in [0.25, 0.3) is 0 Å². The van der Waals surface area contributed by atoms with Crippen LogP contribution in [0.5, 0.6) is 0 Å². The van der Waals surface area contributed by atoms with Gasteiger partial charge in [0.05, 0.1) is 12.6 Å². The zero-order chi connectivity index (χ0) is 11.7. The van der Waals surface area contributed by atoms with Crippen LogP contribution < -0.4 is 5.32 Å². The molecule has 88 valence electrons. The maximum Gasteiger partial charge on any atom is 0.305 e. The van der Waals surface area contributed by atoms with E-state index in [-0.39, 0.29) is 17.8 Å². The Hall–Kier alpha value is -0.900. The van der Waals surface area contributed by atoms with Gasteiger partial charge < -0.3 is 10.1 Å². The van der Waals surface area contributed by atoms with Gasteiger partial charge in [0.15, 0.2) is 0 Å². The molecule has 0 rings (SSSR count). The first kappa shape index (κ1) is 14.1. The third-order valence-electron chi connectivity index (χ3n) is 2.15. The fraction of sp³-hybridized carbons (Fsp3) is 0.818. The number of esters is 1. The van der Waals surface area contributed by atoms with Crippen molar-refractivity contribution < 1.29 is 14.3 Å². The maximum atomic E-state index is 11.1. The van der Waals surface area contributed by atoms with E-state index in [1.165, 1.54) is 0 Å². The van der Waals surface area contributed by atoms with Gasteiger partial charge in [-0.2, -0.15) is 0 Å². The summed E-state index contributed by atoms with van der Waals surface area (Å²) in [5.74, 6) is -0.0243. The van der Waals surface area contributed by atoms with Crippen LogP contribution in [-0.4, -0.2) is 30.9 Å². The molecule has 0 fully saturated rings. The summed E-state index contributed by atoms with van der Waals surface area (Å²) in [5, 5.41) is 3.11. The Bertz CT molecular complexity index is 204. The monoisotopic (exact) mass is 215 g/mol. The highest BCUT2D eigenvalue weighted by Crippen LogP contribution is 1.95. The summed E-state index contributed by atoms with van der Waals surface area (Å²) in [5.41, 5.74) is 0.